The quantitative estimate of drug-likeness (QED) is 0.468. The predicted octanol–water partition coefficient (Wildman–Crippen LogP) is 4.65. The second-order valence-electron chi connectivity index (χ2n) is 5.91. The molecule has 3 heteroatoms. The van der Waals surface area contributed by atoms with Gasteiger partial charge in [-0.25, -0.2) is 4.39 Å². The van der Waals surface area contributed by atoms with Crippen molar-refractivity contribution >= 4 is 16.7 Å². The van der Waals surface area contributed by atoms with E-state index in [0.717, 1.165) is 10.9 Å². The van der Waals surface area contributed by atoms with Crippen LogP contribution < -0.4 is 4.74 Å². The fourth-order valence-electron chi connectivity index (χ4n) is 2.33. The number of halogens is 1. The first-order chi connectivity index (χ1) is 10.3. The molecule has 0 saturated carbocycles. The normalized spacial score (nSPS) is 11.0. The van der Waals surface area contributed by atoms with Crippen LogP contribution in [-0.2, 0) is 4.79 Å². The molecule has 2 aromatic rings. The van der Waals surface area contributed by atoms with Gasteiger partial charge in [0.15, 0.2) is 0 Å². The Kier molecular flexibility index (Phi) is 4.51. The molecule has 0 unspecified atom stereocenters. The van der Waals surface area contributed by atoms with Crippen molar-refractivity contribution in [3.8, 4) is 18.1 Å². The predicted molar refractivity (Wildman–Crippen MR) is 86.4 cm³/mol. The van der Waals surface area contributed by atoms with Crippen LogP contribution in [0.3, 0.4) is 0 Å². The van der Waals surface area contributed by atoms with Crippen molar-refractivity contribution in [2.75, 3.05) is 0 Å². The number of ether oxygens (including phenoxy) is 1. The highest BCUT2D eigenvalue weighted by molar-refractivity contribution is 5.93. The first-order valence-corrected chi connectivity index (χ1v) is 7.29. The maximum Gasteiger partial charge on any atom is 0.313 e. The molecule has 0 N–H and O–H groups in total. The van der Waals surface area contributed by atoms with Crippen LogP contribution in [0.25, 0.3) is 10.8 Å². The van der Waals surface area contributed by atoms with E-state index in [0.29, 0.717) is 11.1 Å². The molecule has 0 atom stereocenters. The zero-order valence-corrected chi connectivity index (χ0v) is 13.2. The van der Waals surface area contributed by atoms with Crippen molar-refractivity contribution in [1.82, 2.24) is 0 Å². The molecule has 0 bridgehead atoms. The molecule has 0 spiro atoms. The summed E-state index contributed by atoms with van der Waals surface area (Å²) < 4.78 is 19.3. The molecule has 2 aromatic carbocycles. The highest BCUT2D eigenvalue weighted by Crippen LogP contribution is 2.34. The van der Waals surface area contributed by atoms with Crippen molar-refractivity contribution in [3.05, 3.63) is 41.2 Å². The molecule has 0 amide bonds. The topological polar surface area (TPSA) is 26.3 Å². The zero-order chi connectivity index (χ0) is 16.4. The van der Waals surface area contributed by atoms with Gasteiger partial charge in [0.05, 0.1) is 11.5 Å². The average molecular weight is 298 g/mol. The van der Waals surface area contributed by atoms with Crippen LogP contribution in [0, 0.1) is 24.1 Å². The molecular weight excluding hydrogens is 279 g/mol. The maximum absolute atomic E-state index is 14.0. The molecule has 0 aromatic heterocycles. The molecular formula is C19H19FO2. The third-order valence-corrected chi connectivity index (χ3v) is 3.53. The summed E-state index contributed by atoms with van der Waals surface area (Å²) in [6.45, 7) is 7.54. The van der Waals surface area contributed by atoms with Gasteiger partial charge >= 0.3 is 5.97 Å². The summed E-state index contributed by atoms with van der Waals surface area (Å²) in [7, 11) is 0. The third kappa shape index (κ3) is 2.96. The van der Waals surface area contributed by atoms with Gasteiger partial charge in [0.25, 0.3) is 0 Å². The summed E-state index contributed by atoms with van der Waals surface area (Å²) >= 11 is 0. The molecule has 0 fully saturated rings. The van der Waals surface area contributed by atoms with Gasteiger partial charge in [-0.3, -0.25) is 4.79 Å². The van der Waals surface area contributed by atoms with E-state index in [9.17, 15) is 9.18 Å². The molecule has 0 aliphatic rings. The van der Waals surface area contributed by atoms with E-state index in [4.69, 9.17) is 11.2 Å². The number of terminal acetylenes is 1. The fourth-order valence-corrected chi connectivity index (χ4v) is 2.33. The van der Waals surface area contributed by atoms with Crippen LogP contribution in [0.4, 0.5) is 4.39 Å². The van der Waals surface area contributed by atoms with E-state index in [1.165, 1.54) is 6.07 Å². The van der Waals surface area contributed by atoms with Gasteiger partial charge in [0.2, 0.25) is 0 Å². The number of carbonyl (C=O) groups excluding carboxylic acids is 1. The number of esters is 1. The minimum absolute atomic E-state index is 0.120. The average Bonchev–Trinajstić information content (AvgIpc) is 2.46. The Balaban J connectivity index is 2.69. The van der Waals surface area contributed by atoms with Crippen molar-refractivity contribution in [2.45, 2.75) is 33.6 Å². The maximum atomic E-state index is 14.0. The number of benzene rings is 2. The van der Waals surface area contributed by atoms with E-state index in [1.807, 2.05) is 13.8 Å². The minimum atomic E-state index is -0.413. The van der Waals surface area contributed by atoms with E-state index in [-0.39, 0.29) is 23.4 Å². The highest BCUT2D eigenvalue weighted by Gasteiger charge is 2.16. The fraction of sp³-hybridized carbons (Fsp3) is 0.316. The Morgan fingerprint density at radius 3 is 2.45 bits per heavy atom. The summed E-state index contributed by atoms with van der Waals surface area (Å²) in [5, 5.41) is 1.48. The summed E-state index contributed by atoms with van der Waals surface area (Å²) in [5.74, 6) is 2.09. The standard InChI is InChI=1S/C19H19FO2/c1-6-15-17(20)8-7-13-9-14(22-19(21)12(4)5)10-16(11(2)3)18(13)15/h1,7-12H,2-5H3. The number of hydrogen-bond donors (Lipinski definition) is 0. The molecule has 2 nitrogen and oxygen atoms in total. The molecule has 0 aliphatic heterocycles. The van der Waals surface area contributed by atoms with E-state index >= 15 is 0 Å². The zero-order valence-electron chi connectivity index (χ0n) is 13.2. The molecule has 2 rings (SSSR count). The third-order valence-electron chi connectivity index (χ3n) is 3.53. The lowest BCUT2D eigenvalue weighted by Crippen LogP contribution is -2.15. The Labute approximate surface area is 130 Å². The largest absolute Gasteiger partial charge is 0.426 e. The first kappa shape index (κ1) is 16.0. The lowest BCUT2D eigenvalue weighted by atomic mass is 9.92. The van der Waals surface area contributed by atoms with Gasteiger partial charge < -0.3 is 4.74 Å². The Morgan fingerprint density at radius 2 is 1.91 bits per heavy atom. The van der Waals surface area contributed by atoms with Crippen LogP contribution in [0.15, 0.2) is 24.3 Å². The van der Waals surface area contributed by atoms with Crippen LogP contribution in [-0.4, -0.2) is 5.97 Å². The van der Waals surface area contributed by atoms with Crippen LogP contribution in [0.2, 0.25) is 0 Å². The Bertz CT molecular complexity index is 767. The summed E-state index contributed by atoms with van der Waals surface area (Å²) in [6, 6.07) is 6.50. The van der Waals surface area contributed by atoms with Crippen molar-refractivity contribution in [2.24, 2.45) is 5.92 Å². The van der Waals surface area contributed by atoms with Crippen LogP contribution in [0.1, 0.15) is 44.7 Å². The first-order valence-electron chi connectivity index (χ1n) is 7.29. The Morgan fingerprint density at radius 1 is 1.23 bits per heavy atom. The summed E-state index contributed by atoms with van der Waals surface area (Å²) in [6.07, 6.45) is 5.47. The van der Waals surface area contributed by atoms with Gasteiger partial charge in [-0.05, 0) is 35.1 Å². The molecule has 0 saturated heterocycles. The minimum Gasteiger partial charge on any atom is -0.426 e. The van der Waals surface area contributed by atoms with E-state index < -0.39 is 5.82 Å². The Hall–Kier alpha value is -2.34. The van der Waals surface area contributed by atoms with E-state index in [1.54, 1.807) is 32.0 Å². The molecule has 0 heterocycles. The smallest absolute Gasteiger partial charge is 0.313 e. The van der Waals surface area contributed by atoms with Gasteiger partial charge in [-0.15, -0.1) is 6.42 Å². The lowest BCUT2D eigenvalue weighted by Gasteiger charge is -2.15. The van der Waals surface area contributed by atoms with Gasteiger partial charge in [-0.1, -0.05) is 39.7 Å². The SMILES string of the molecule is C#Cc1c(F)ccc2cc(OC(=O)C(C)C)cc(C(C)C)c12. The number of fused-ring (bicyclic) bond motifs is 1. The summed E-state index contributed by atoms with van der Waals surface area (Å²) in [5.41, 5.74) is 1.12. The molecule has 0 radical (unpaired) electrons. The van der Waals surface area contributed by atoms with E-state index in [2.05, 4.69) is 5.92 Å². The lowest BCUT2D eigenvalue weighted by molar-refractivity contribution is -0.137. The monoisotopic (exact) mass is 298 g/mol. The molecule has 114 valence electrons. The second kappa shape index (κ2) is 6.19. The molecule has 22 heavy (non-hydrogen) atoms. The van der Waals surface area contributed by atoms with Gasteiger partial charge in [0.1, 0.15) is 11.6 Å². The highest BCUT2D eigenvalue weighted by atomic mass is 19.1. The van der Waals surface area contributed by atoms with Crippen molar-refractivity contribution in [3.63, 3.8) is 0 Å². The summed E-state index contributed by atoms with van der Waals surface area (Å²) in [4.78, 5) is 11.8. The van der Waals surface area contributed by atoms with Gasteiger partial charge in [-0.2, -0.15) is 0 Å². The van der Waals surface area contributed by atoms with Crippen molar-refractivity contribution in [1.29, 1.82) is 0 Å². The number of carbonyl (C=O) groups is 1. The van der Waals surface area contributed by atoms with Crippen LogP contribution in [0.5, 0.6) is 5.75 Å². The molecule has 0 aliphatic carbocycles. The van der Waals surface area contributed by atoms with Crippen LogP contribution >= 0.6 is 0 Å². The number of hydrogen-bond acceptors (Lipinski definition) is 2. The van der Waals surface area contributed by atoms with Crippen molar-refractivity contribution < 1.29 is 13.9 Å². The second-order valence-corrected chi connectivity index (χ2v) is 5.91. The number of rotatable bonds is 3. The van der Waals surface area contributed by atoms with Gasteiger partial charge in [0, 0.05) is 5.39 Å².